The van der Waals surface area contributed by atoms with Crippen LogP contribution < -0.4 is 5.73 Å². The predicted octanol–water partition coefficient (Wildman–Crippen LogP) is 1.36. The Morgan fingerprint density at radius 2 is 2.20 bits per heavy atom. The summed E-state index contributed by atoms with van der Waals surface area (Å²) in [5.74, 6) is 0. The first-order valence-electron chi connectivity index (χ1n) is 6.03. The molecule has 0 saturated carbocycles. The van der Waals surface area contributed by atoms with Crippen molar-refractivity contribution in [3.63, 3.8) is 0 Å². The van der Waals surface area contributed by atoms with Crippen LogP contribution >= 0.6 is 11.6 Å². The van der Waals surface area contributed by atoms with Gasteiger partial charge < -0.3 is 5.73 Å². The number of nitro benzene ring substituents is 1. The number of hydrogen-bond donors (Lipinski definition) is 1. The second kappa shape index (κ2) is 5.65. The highest BCUT2D eigenvalue weighted by atomic mass is 35.5. The van der Waals surface area contributed by atoms with Crippen LogP contribution in [0.5, 0.6) is 0 Å². The van der Waals surface area contributed by atoms with Gasteiger partial charge >= 0.3 is 0 Å². The van der Waals surface area contributed by atoms with Gasteiger partial charge in [-0.05, 0) is 25.0 Å². The Morgan fingerprint density at radius 1 is 1.50 bits per heavy atom. The third-order valence-corrected chi connectivity index (χ3v) is 5.52. The summed E-state index contributed by atoms with van der Waals surface area (Å²) in [6.45, 7) is 0.501. The Labute approximate surface area is 121 Å². The molecule has 1 aliphatic heterocycles. The molecule has 1 aromatic carbocycles. The fourth-order valence-corrected chi connectivity index (χ4v) is 4.46. The molecule has 9 heteroatoms. The minimum atomic E-state index is -3.97. The summed E-state index contributed by atoms with van der Waals surface area (Å²) in [5.41, 5.74) is 5.09. The van der Waals surface area contributed by atoms with Gasteiger partial charge in [0.2, 0.25) is 10.0 Å². The first-order chi connectivity index (χ1) is 9.37. The molecule has 0 amide bonds. The van der Waals surface area contributed by atoms with Gasteiger partial charge in [0.05, 0.1) is 4.92 Å². The number of nitro groups is 1. The van der Waals surface area contributed by atoms with Gasteiger partial charge in [0.1, 0.15) is 0 Å². The maximum Gasteiger partial charge on any atom is 0.289 e. The Balaban J connectivity index is 2.54. The van der Waals surface area contributed by atoms with Gasteiger partial charge in [-0.2, -0.15) is 4.31 Å². The van der Waals surface area contributed by atoms with E-state index in [1.165, 1.54) is 10.4 Å². The van der Waals surface area contributed by atoms with Crippen molar-refractivity contribution in [3.8, 4) is 0 Å². The van der Waals surface area contributed by atoms with Crippen LogP contribution in [0.3, 0.4) is 0 Å². The molecule has 0 spiro atoms. The minimum absolute atomic E-state index is 0.137. The van der Waals surface area contributed by atoms with Crippen molar-refractivity contribution in [2.75, 3.05) is 13.1 Å². The zero-order valence-electron chi connectivity index (χ0n) is 10.5. The first kappa shape index (κ1) is 15.2. The van der Waals surface area contributed by atoms with Crippen LogP contribution in [0, 0.1) is 10.1 Å². The molecular weight excluding hydrogens is 306 g/mol. The molecule has 110 valence electrons. The van der Waals surface area contributed by atoms with Crippen molar-refractivity contribution in [1.29, 1.82) is 0 Å². The van der Waals surface area contributed by atoms with Gasteiger partial charge in [-0.25, -0.2) is 8.42 Å². The number of benzene rings is 1. The molecule has 1 aromatic rings. The van der Waals surface area contributed by atoms with E-state index in [0.29, 0.717) is 19.4 Å². The molecule has 0 aromatic heterocycles. The highest BCUT2D eigenvalue weighted by Crippen LogP contribution is 2.32. The van der Waals surface area contributed by atoms with Crippen LogP contribution in [0.15, 0.2) is 23.1 Å². The van der Waals surface area contributed by atoms with Crippen LogP contribution in [0.1, 0.15) is 12.8 Å². The molecule has 2 N–H and O–H groups in total. The van der Waals surface area contributed by atoms with Gasteiger partial charge in [-0.3, -0.25) is 10.1 Å². The van der Waals surface area contributed by atoms with Crippen molar-refractivity contribution in [3.05, 3.63) is 33.3 Å². The molecule has 20 heavy (non-hydrogen) atoms. The summed E-state index contributed by atoms with van der Waals surface area (Å²) in [7, 11) is -3.97. The van der Waals surface area contributed by atoms with Gasteiger partial charge in [-0.1, -0.05) is 11.6 Å². The largest absolute Gasteiger partial charge is 0.329 e. The normalized spacial score (nSPS) is 20.2. The topological polar surface area (TPSA) is 107 Å². The van der Waals surface area contributed by atoms with Crippen LogP contribution in [0.4, 0.5) is 5.69 Å². The van der Waals surface area contributed by atoms with Crippen molar-refractivity contribution in [2.24, 2.45) is 5.73 Å². The second-order valence-electron chi connectivity index (χ2n) is 4.52. The summed E-state index contributed by atoms with van der Waals surface area (Å²) in [6.07, 6.45) is 1.35. The monoisotopic (exact) mass is 319 g/mol. The number of nitrogens with zero attached hydrogens (tertiary/aromatic N) is 2. The molecule has 0 aliphatic carbocycles. The van der Waals surface area contributed by atoms with E-state index in [0.717, 1.165) is 12.1 Å². The lowest BCUT2D eigenvalue weighted by Crippen LogP contribution is -2.40. The Hall–Kier alpha value is -1.22. The molecule has 1 aliphatic rings. The van der Waals surface area contributed by atoms with E-state index in [2.05, 4.69) is 0 Å². The lowest BCUT2D eigenvalue weighted by molar-refractivity contribution is -0.387. The van der Waals surface area contributed by atoms with Crippen LogP contribution in [0.2, 0.25) is 5.02 Å². The molecule has 1 unspecified atom stereocenters. The zero-order valence-corrected chi connectivity index (χ0v) is 12.1. The average Bonchev–Trinajstić information content (AvgIpc) is 2.87. The summed E-state index contributed by atoms with van der Waals surface area (Å²) >= 11 is 5.77. The van der Waals surface area contributed by atoms with E-state index >= 15 is 0 Å². The first-order valence-corrected chi connectivity index (χ1v) is 7.85. The van der Waals surface area contributed by atoms with Crippen molar-refractivity contribution < 1.29 is 13.3 Å². The third kappa shape index (κ3) is 2.64. The molecule has 1 atom stereocenters. The van der Waals surface area contributed by atoms with E-state index in [1.54, 1.807) is 0 Å². The van der Waals surface area contributed by atoms with Gasteiger partial charge in [-0.15, -0.1) is 0 Å². The quantitative estimate of drug-likeness (QED) is 0.666. The third-order valence-electron chi connectivity index (χ3n) is 3.30. The number of hydrogen-bond acceptors (Lipinski definition) is 5. The maximum absolute atomic E-state index is 12.6. The van der Waals surface area contributed by atoms with Crippen LogP contribution in [-0.4, -0.2) is 36.8 Å². The van der Waals surface area contributed by atoms with Crippen LogP contribution in [-0.2, 0) is 10.0 Å². The molecule has 1 saturated heterocycles. The lowest BCUT2D eigenvalue weighted by Gasteiger charge is -2.22. The standard InChI is InChI=1S/C11H14ClN3O4S/c12-8-3-4-10(15(16)17)11(6-8)20(18,19)14-5-1-2-9(14)7-13/h3-4,6,9H,1-2,5,7,13H2. The van der Waals surface area contributed by atoms with E-state index in [-0.39, 0.29) is 22.5 Å². The molecule has 7 nitrogen and oxygen atoms in total. The second-order valence-corrected chi connectivity index (χ2v) is 6.81. The number of nitrogens with two attached hydrogens (primary N) is 1. The molecule has 0 bridgehead atoms. The smallest absolute Gasteiger partial charge is 0.289 e. The summed E-state index contributed by atoms with van der Waals surface area (Å²) in [5, 5.41) is 11.1. The highest BCUT2D eigenvalue weighted by Gasteiger charge is 2.38. The Kier molecular flexibility index (Phi) is 4.28. The fourth-order valence-electron chi connectivity index (χ4n) is 2.33. The molecule has 2 rings (SSSR count). The summed E-state index contributed by atoms with van der Waals surface area (Å²) in [6, 6.07) is 3.19. The number of halogens is 1. The predicted molar refractivity (Wildman–Crippen MR) is 74.1 cm³/mol. The number of sulfonamides is 1. The van der Waals surface area contributed by atoms with E-state index in [4.69, 9.17) is 17.3 Å². The van der Waals surface area contributed by atoms with Crippen LogP contribution in [0.25, 0.3) is 0 Å². The Morgan fingerprint density at radius 3 is 2.80 bits per heavy atom. The van der Waals surface area contributed by atoms with Crippen molar-refractivity contribution in [2.45, 2.75) is 23.8 Å². The van der Waals surface area contributed by atoms with Gasteiger partial charge in [0.15, 0.2) is 4.90 Å². The van der Waals surface area contributed by atoms with E-state index < -0.39 is 20.6 Å². The molecule has 1 heterocycles. The van der Waals surface area contributed by atoms with Gasteiger partial charge in [0.25, 0.3) is 5.69 Å². The minimum Gasteiger partial charge on any atom is -0.329 e. The maximum atomic E-state index is 12.6. The summed E-state index contributed by atoms with van der Waals surface area (Å²) < 4.78 is 26.4. The Bertz CT molecular complexity index is 635. The average molecular weight is 320 g/mol. The number of rotatable bonds is 4. The lowest BCUT2D eigenvalue weighted by atomic mass is 10.2. The highest BCUT2D eigenvalue weighted by molar-refractivity contribution is 7.89. The SMILES string of the molecule is NCC1CCCN1S(=O)(=O)c1cc(Cl)ccc1[N+](=O)[O-]. The van der Waals surface area contributed by atoms with Gasteiger partial charge in [0, 0.05) is 30.2 Å². The molecule has 0 radical (unpaired) electrons. The molecule has 1 fully saturated rings. The van der Waals surface area contributed by atoms with Crippen molar-refractivity contribution >= 4 is 27.3 Å². The fraction of sp³-hybridized carbons (Fsp3) is 0.455. The van der Waals surface area contributed by atoms with E-state index in [9.17, 15) is 18.5 Å². The van der Waals surface area contributed by atoms with E-state index in [1.807, 2.05) is 0 Å². The zero-order chi connectivity index (χ0) is 14.9. The summed E-state index contributed by atoms with van der Waals surface area (Å²) in [4.78, 5) is 9.90. The molecular formula is C11H14ClN3O4S. The van der Waals surface area contributed by atoms with Crippen molar-refractivity contribution in [1.82, 2.24) is 4.31 Å².